The molecule has 0 aromatic rings. The molecular weight excluding hydrogens is 236 g/mol. The highest BCUT2D eigenvalue weighted by atomic mass is 16.4. The molecule has 0 aromatic heterocycles. The number of hydrogen-bond acceptors (Lipinski definition) is 3. The normalized spacial score (nSPS) is 13.3. The van der Waals surface area contributed by atoms with Crippen LogP contribution >= 0.6 is 0 Å². The smallest absolute Gasteiger partial charge is 0.331 e. The molecule has 1 atom stereocenters. The van der Waals surface area contributed by atoms with E-state index in [4.69, 9.17) is 5.11 Å². The van der Waals surface area contributed by atoms with Crippen molar-refractivity contribution in [3.8, 4) is 0 Å². The van der Waals surface area contributed by atoms with Crippen LogP contribution in [0.2, 0.25) is 0 Å². The third-order valence-electron chi connectivity index (χ3n) is 2.51. The fourth-order valence-corrected chi connectivity index (χ4v) is 1.10. The number of carbonyl (C=O) groups excluding carboxylic acids is 2. The van der Waals surface area contributed by atoms with Crippen molar-refractivity contribution in [2.24, 2.45) is 0 Å². The standard InChI is InChI=1S/C12H20N2O4/c1-5-6-13-11(16)9(4)14-10(15)7(2)8(3)12(17)18/h9H,5-6H2,1-4H3,(H,13,16)(H,14,15)(H,17,18)/b8-7-. The summed E-state index contributed by atoms with van der Waals surface area (Å²) < 4.78 is 0. The highest BCUT2D eigenvalue weighted by Crippen LogP contribution is 2.03. The molecule has 3 N–H and O–H groups in total. The highest BCUT2D eigenvalue weighted by molar-refractivity contribution is 6.02. The summed E-state index contributed by atoms with van der Waals surface area (Å²) in [6, 6.07) is -0.694. The maximum Gasteiger partial charge on any atom is 0.331 e. The lowest BCUT2D eigenvalue weighted by Crippen LogP contribution is -2.45. The summed E-state index contributed by atoms with van der Waals surface area (Å²) in [5, 5.41) is 13.8. The predicted octanol–water partition coefficient (Wildman–Crippen LogP) is 0.438. The Labute approximate surface area is 106 Å². The van der Waals surface area contributed by atoms with E-state index in [2.05, 4.69) is 10.6 Å². The molecule has 102 valence electrons. The van der Waals surface area contributed by atoms with Crippen molar-refractivity contribution in [1.82, 2.24) is 10.6 Å². The first-order valence-electron chi connectivity index (χ1n) is 5.80. The van der Waals surface area contributed by atoms with Gasteiger partial charge in [0.25, 0.3) is 0 Å². The van der Waals surface area contributed by atoms with E-state index in [0.717, 1.165) is 6.42 Å². The Morgan fingerprint density at radius 3 is 2.17 bits per heavy atom. The Kier molecular flexibility index (Phi) is 6.70. The average molecular weight is 256 g/mol. The van der Waals surface area contributed by atoms with Crippen molar-refractivity contribution in [1.29, 1.82) is 0 Å². The number of rotatable bonds is 6. The molecule has 18 heavy (non-hydrogen) atoms. The molecule has 0 saturated heterocycles. The minimum Gasteiger partial charge on any atom is -0.478 e. The van der Waals surface area contributed by atoms with E-state index >= 15 is 0 Å². The molecule has 1 unspecified atom stereocenters. The zero-order valence-corrected chi connectivity index (χ0v) is 11.2. The molecule has 0 spiro atoms. The molecule has 0 saturated carbocycles. The van der Waals surface area contributed by atoms with Crippen LogP contribution < -0.4 is 10.6 Å². The molecule has 0 bridgehead atoms. The number of aliphatic carboxylic acids is 1. The summed E-state index contributed by atoms with van der Waals surface area (Å²) in [7, 11) is 0. The SMILES string of the molecule is CCCNC(=O)C(C)NC(=O)/C(C)=C(/C)C(=O)O. The third-order valence-corrected chi connectivity index (χ3v) is 2.51. The van der Waals surface area contributed by atoms with Crippen molar-refractivity contribution in [2.75, 3.05) is 6.54 Å². The molecule has 0 fully saturated rings. The monoisotopic (exact) mass is 256 g/mol. The van der Waals surface area contributed by atoms with Crippen LogP contribution in [0.15, 0.2) is 11.1 Å². The van der Waals surface area contributed by atoms with Crippen molar-refractivity contribution < 1.29 is 19.5 Å². The topological polar surface area (TPSA) is 95.5 Å². The van der Waals surface area contributed by atoms with Crippen LogP contribution in [0.1, 0.15) is 34.1 Å². The van der Waals surface area contributed by atoms with Crippen molar-refractivity contribution >= 4 is 17.8 Å². The fourth-order valence-electron chi connectivity index (χ4n) is 1.10. The molecule has 0 rings (SSSR count). The van der Waals surface area contributed by atoms with Gasteiger partial charge in [-0.25, -0.2) is 4.79 Å². The lowest BCUT2D eigenvalue weighted by Gasteiger charge is -2.14. The van der Waals surface area contributed by atoms with E-state index in [-0.39, 0.29) is 17.1 Å². The fraction of sp³-hybridized carbons (Fsp3) is 0.583. The minimum absolute atomic E-state index is 0.0336. The molecule has 6 nitrogen and oxygen atoms in total. The van der Waals surface area contributed by atoms with Gasteiger partial charge >= 0.3 is 5.97 Å². The van der Waals surface area contributed by atoms with Crippen LogP contribution in [0.3, 0.4) is 0 Å². The summed E-state index contributed by atoms with van der Waals surface area (Å²) in [6.07, 6.45) is 0.809. The van der Waals surface area contributed by atoms with Gasteiger partial charge in [-0.2, -0.15) is 0 Å². The van der Waals surface area contributed by atoms with Crippen LogP contribution in [0.5, 0.6) is 0 Å². The van der Waals surface area contributed by atoms with E-state index in [1.807, 2.05) is 6.92 Å². The molecule has 6 heteroatoms. The number of carboxylic acid groups (broad SMARTS) is 1. The van der Waals surface area contributed by atoms with E-state index in [9.17, 15) is 14.4 Å². The van der Waals surface area contributed by atoms with Crippen molar-refractivity contribution in [3.05, 3.63) is 11.1 Å². The Morgan fingerprint density at radius 2 is 1.72 bits per heavy atom. The van der Waals surface area contributed by atoms with Gasteiger partial charge in [-0.3, -0.25) is 9.59 Å². The third kappa shape index (κ3) is 4.99. The number of carboxylic acids is 1. The molecule has 0 radical (unpaired) electrons. The maximum atomic E-state index is 11.7. The van der Waals surface area contributed by atoms with Gasteiger partial charge in [0.15, 0.2) is 0 Å². The molecule has 2 amide bonds. The first-order chi connectivity index (χ1) is 8.31. The van der Waals surface area contributed by atoms with E-state index in [1.54, 1.807) is 6.92 Å². The van der Waals surface area contributed by atoms with Crippen LogP contribution in [0.4, 0.5) is 0 Å². The maximum absolute atomic E-state index is 11.7. The quantitative estimate of drug-likeness (QED) is 0.601. The zero-order valence-electron chi connectivity index (χ0n) is 11.2. The van der Waals surface area contributed by atoms with Gasteiger partial charge in [0, 0.05) is 17.7 Å². The first-order valence-corrected chi connectivity index (χ1v) is 5.80. The van der Waals surface area contributed by atoms with Gasteiger partial charge in [-0.1, -0.05) is 6.92 Å². The number of amides is 2. The van der Waals surface area contributed by atoms with Gasteiger partial charge in [0.05, 0.1) is 0 Å². The van der Waals surface area contributed by atoms with Gasteiger partial charge < -0.3 is 15.7 Å². The Bertz CT molecular complexity index is 374. The highest BCUT2D eigenvalue weighted by Gasteiger charge is 2.18. The lowest BCUT2D eigenvalue weighted by atomic mass is 10.1. The van der Waals surface area contributed by atoms with E-state index < -0.39 is 17.9 Å². The van der Waals surface area contributed by atoms with Crippen LogP contribution in [-0.2, 0) is 14.4 Å². The molecule has 0 aliphatic carbocycles. The summed E-state index contributed by atoms with van der Waals surface area (Å²) in [4.78, 5) is 33.9. The number of hydrogen-bond donors (Lipinski definition) is 3. The molecule has 0 aliphatic rings. The predicted molar refractivity (Wildman–Crippen MR) is 66.9 cm³/mol. The lowest BCUT2D eigenvalue weighted by molar-refractivity contribution is -0.133. The average Bonchev–Trinajstić information content (AvgIpc) is 2.33. The Morgan fingerprint density at radius 1 is 1.17 bits per heavy atom. The van der Waals surface area contributed by atoms with Crippen LogP contribution in [0.25, 0.3) is 0 Å². The first kappa shape index (κ1) is 16.1. The van der Waals surface area contributed by atoms with Crippen LogP contribution in [-0.4, -0.2) is 35.5 Å². The van der Waals surface area contributed by atoms with Gasteiger partial charge in [0.2, 0.25) is 11.8 Å². The summed E-state index contributed by atoms with van der Waals surface area (Å²) in [5.41, 5.74) is 0.0614. The van der Waals surface area contributed by atoms with Crippen molar-refractivity contribution in [3.63, 3.8) is 0 Å². The molecule has 0 aliphatic heterocycles. The summed E-state index contributed by atoms with van der Waals surface area (Å²) >= 11 is 0. The number of carbonyl (C=O) groups is 3. The minimum atomic E-state index is -1.15. The van der Waals surface area contributed by atoms with Crippen LogP contribution in [0, 0.1) is 0 Å². The number of nitrogens with one attached hydrogen (secondary N) is 2. The molecular formula is C12H20N2O4. The second kappa shape index (κ2) is 7.47. The second-order valence-electron chi connectivity index (χ2n) is 4.04. The second-order valence-corrected chi connectivity index (χ2v) is 4.04. The molecule has 0 heterocycles. The van der Waals surface area contributed by atoms with E-state index in [0.29, 0.717) is 6.54 Å². The van der Waals surface area contributed by atoms with E-state index in [1.165, 1.54) is 13.8 Å². The largest absolute Gasteiger partial charge is 0.478 e. The summed E-state index contributed by atoms with van der Waals surface area (Å²) in [6.45, 7) is 6.77. The van der Waals surface area contributed by atoms with Gasteiger partial charge in [0.1, 0.15) is 6.04 Å². The van der Waals surface area contributed by atoms with Gasteiger partial charge in [-0.05, 0) is 27.2 Å². The Hall–Kier alpha value is -1.85. The molecule has 0 aromatic carbocycles. The zero-order chi connectivity index (χ0) is 14.3. The Balaban J connectivity index is 4.53. The summed E-state index contributed by atoms with van der Waals surface area (Å²) in [5.74, 6) is -1.98. The van der Waals surface area contributed by atoms with Crippen molar-refractivity contribution in [2.45, 2.75) is 40.2 Å². The van der Waals surface area contributed by atoms with Gasteiger partial charge in [-0.15, -0.1) is 0 Å².